The smallest absolute Gasteiger partial charge is 0.252 e. The van der Waals surface area contributed by atoms with Gasteiger partial charge in [0.05, 0.1) is 0 Å². The number of alkyl halides is 3. The molecule has 2 aliphatic rings. The second kappa shape index (κ2) is 3.46. The molecule has 0 amide bonds. The Morgan fingerprint density at radius 2 is 2.15 bits per heavy atom. The van der Waals surface area contributed by atoms with Gasteiger partial charge in [0.25, 0.3) is 5.92 Å². The van der Waals surface area contributed by atoms with Crippen molar-refractivity contribution in [3.8, 4) is 0 Å². The van der Waals surface area contributed by atoms with E-state index in [2.05, 4.69) is 20.8 Å². The van der Waals surface area contributed by atoms with Crippen LogP contribution in [0.1, 0.15) is 19.3 Å². The van der Waals surface area contributed by atoms with E-state index in [4.69, 9.17) is 0 Å². The van der Waals surface area contributed by atoms with Crippen LogP contribution >= 0.6 is 15.9 Å². The van der Waals surface area contributed by atoms with Gasteiger partial charge >= 0.3 is 0 Å². The molecule has 1 aliphatic heterocycles. The first kappa shape index (κ1) is 9.84. The molecule has 1 aliphatic carbocycles. The fraction of sp³-hybridized carbons (Fsp3) is 1.00. The zero-order valence-corrected chi connectivity index (χ0v) is 9.06. The standard InChI is InChI=1S/C9H14BrF2N/c10-5-8-2-1-3-13(8)6-7-4-9(7,11)12/h7-8H,1-6H2/t7?,8-/m1/s1. The van der Waals surface area contributed by atoms with Crippen molar-refractivity contribution in [2.75, 3.05) is 18.4 Å². The Bertz CT molecular complexity index is 198. The Kier molecular flexibility index (Phi) is 2.62. The molecule has 13 heavy (non-hydrogen) atoms. The minimum absolute atomic E-state index is 0.110. The van der Waals surface area contributed by atoms with Crippen molar-refractivity contribution in [3.63, 3.8) is 0 Å². The lowest BCUT2D eigenvalue weighted by Gasteiger charge is -2.22. The molecular weight excluding hydrogens is 240 g/mol. The summed E-state index contributed by atoms with van der Waals surface area (Å²) >= 11 is 3.43. The van der Waals surface area contributed by atoms with Crippen LogP contribution in [0.15, 0.2) is 0 Å². The maximum atomic E-state index is 12.6. The Hall–Kier alpha value is 0.300. The lowest BCUT2D eigenvalue weighted by Crippen LogP contribution is -2.33. The third-order valence-electron chi connectivity index (χ3n) is 3.09. The summed E-state index contributed by atoms with van der Waals surface area (Å²) in [5.41, 5.74) is 0. The molecule has 2 atom stereocenters. The van der Waals surface area contributed by atoms with Gasteiger partial charge in [-0.2, -0.15) is 0 Å². The number of likely N-dealkylation sites (tertiary alicyclic amines) is 1. The van der Waals surface area contributed by atoms with Crippen LogP contribution in [0, 0.1) is 5.92 Å². The molecule has 0 N–H and O–H groups in total. The fourth-order valence-electron chi connectivity index (χ4n) is 2.06. The van der Waals surface area contributed by atoms with E-state index in [1.807, 2.05) is 0 Å². The van der Waals surface area contributed by atoms with Crippen LogP contribution in [0.25, 0.3) is 0 Å². The zero-order chi connectivity index (χ0) is 9.47. The summed E-state index contributed by atoms with van der Waals surface area (Å²) in [5.74, 6) is -2.70. The van der Waals surface area contributed by atoms with E-state index in [0.29, 0.717) is 12.6 Å². The molecule has 76 valence electrons. The van der Waals surface area contributed by atoms with Crippen LogP contribution in [0.3, 0.4) is 0 Å². The number of hydrogen-bond acceptors (Lipinski definition) is 1. The molecule has 1 nitrogen and oxygen atoms in total. The van der Waals surface area contributed by atoms with E-state index in [1.165, 1.54) is 0 Å². The van der Waals surface area contributed by atoms with E-state index in [-0.39, 0.29) is 12.3 Å². The Morgan fingerprint density at radius 1 is 1.46 bits per heavy atom. The fourth-order valence-corrected chi connectivity index (χ4v) is 2.79. The molecule has 0 bridgehead atoms. The largest absolute Gasteiger partial charge is 0.299 e. The monoisotopic (exact) mass is 253 g/mol. The van der Waals surface area contributed by atoms with Gasteiger partial charge in [0.2, 0.25) is 0 Å². The first-order valence-corrected chi connectivity index (χ1v) is 5.93. The quantitative estimate of drug-likeness (QED) is 0.699. The number of hydrogen-bond donors (Lipinski definition) is 0. The minimum atomic E-state index is -2.35. The van der Waals surface area contributed by atoms with Gasteiger partial charge in [-0.25, -0.2) is 8.78 Å². The van der Waals surface area contributed by atoms with Gasteiger partial charge in [0.15, 0.2) is 0 Å². The van der Waals surface area contributed by atoms with Crippen molar-refractivity contribution in [1.29, 1.82) is 0 Å². The van der Waals surface area contributed by atoms with Gasteiger partial charge in [-0.3, -0.25) is 4.90 Å². The third-order valence-corrected chi connectivity index (χ3v) is 3.84. The highest BCUT2D eigenvalue weighted by molar-refractivity contribution is 9.09. The molecule has 0 aromatic heterocycles. The van der Waals surface area contributed by atoms with Gasteiger partial charge in [-0.05, 0) is 19.4 Å². The second-order valence-corrected chi connectivity index (χ2v) is 4.75. The lowest BCUT2D eigenvalue weighted by atomic mass is 10.2. The molecule has 4 heteroatoms. The summed E-state index contributed by atoms with van der Waals surface area (Å²) in [4.78, 5) is 2.21. The van der Waals surface area contributed by atoms with E-state index < -0.39 is 5.92 Å². The van der Waals surface area contributed by atoms with Crippen LogP contribution in [-0.4, -0.2) is 35.3 Å². The van der Waals surface area contributed by atoms with Crippen LogP contribution in [0.2, 0.25) is 0 Å². The highest BCUT2D eigenvalue weighted by Gasteiger charge is 2.57. The van der Waals surface area contributed by atoms with Crippen LogP contribution < -0.4 is 0 Å². The SMILES string of the molecule is FC1(F)CC1CN1CCC[C@@H]1CBr. The van der Waals surface area contributed by atoms with E-state index in [1.54, 1.807) is 0 Å². The van der Waals surface area contributed by atoms with Crippen molar-refractivity contribution in [2.24, 2.45) is 5.92 Å². The van der Waals surface area contributed by atoms with Crippen molar-refractivity contribution < 1.29 is 8.78 Å². The third kappa shape index (κ3) is 2.04. The molecular formula is C9H14BrF2N. The first-order chi connectivity index (χ1) is 6.13. The predicted octanol–water partition coefficient (Wildman–Crippen LogP) is 2.50. The summed E-state index contributed by atoms with van der Waals surface area (Å²) in [6, 6.07) is 0.497. The molecule has 2 fully saturated rings. The highest BCUT2D eigenvalue weighted by atomic mass is 79.9. The van der Waals surface area contributed by atoms with E-state index in [0.717, 1.165) is 24.7 Å². The van der Waals surface area contributed by atoms with Crippen LogP contribution in [0.5, 0.6) is 0 Å². The average molecular weight is 254 g/mol. The lowest BCUT2D eigenvalue weighted by molar-refractivity contribution is 0.0867. The maximum Gasteiger partial charge on any atom is 0.252 e. The molecule has 2 rings (SSSR count). The van der Waals surface area contributed by atoms with Gasteiger partial charge < -0.3 is 0 Å². The topological polar surface area (TPSA) is 3.24 Å². The van der Waals surface area contributed by atoms with Crippen molar-refractivity contribution in [2.45, 2.75) is 31.2 Å². The van der Waals surface area contributed by atoms with Crippen molar-refractivity contribution >= 4 is 15.9 Å². The van der Waals surface area contributed by atoms with Gasteiger partial charge in [0.1, 0.15) is 0 Å². The normalized spacial score (nSPS) is 38.1. The summed E-state index contributed by atoms with van der Waals surface area (Å²) in [5, 5.41) is 0.922. The number of rotatable bonds is 3. The van der Waals surface area contributed by atoms with Crippen LogP contribution in [-0.2, 0) is 0 Å². The summed E-state index contributed by atoms with van der Waals surface area (Å²) in [7, 11) is 0. The molecule has 0 spiro atoms. The van der Waals surface area contributed by atoms with Gasteiger partial charge in [-0.1, -0.05) is 15.9 Å². The van der Waals surface area contributed by atoms with Crippen molar-refractivity contribution in [3.05, 3.63) is 0 Å². The number of nitrogens with zero attached hydrogens (tertiary/aromatic N) is 1. The Morgan fingerprint density at radius 3 is 2.69 bits per heavy atom. The van der Waals surface area contributed by atoms with Crippen LogP contribution in [0.4, 0.5) is 8.78 Å². The molecule has 0 aromatic carbocycles. The predicted molar refractivity (Wildman–Crippen MR) is 51.4 cm³/mol. The number of halogens is 3. The Balaban J connectivity index is 1.81. The first-order valence-electron chi connectivity index (χ1n) is 4.81. The molecule has 1 saturated carbocycles. The Labute approximate surface area is 85.6 Å². The molecule has 1 heterocycles. The molecule has 1 saturated heterocycles. The van der Waals surface area contributed by atoms with Gasteiger partial charge in [-0.15, -0.1) is 0 Å². The van der Waals surface area contributed by atoms with E-state index in [9.17, 15) is 8.78 Å². The maximum absolute atomic E-state index is 12.6. The highest BCUT2D eigenvalue weighted by Crippen LogP contribution is 2.49. The minimum Gasteiger partial charge on any atom is -0.299 e. The summed E-state index contributed by atoms with van der Waals surface area (Å²) in [6.07, 6.45) is 2.43. The zero-order valence-electron chi connectivity index (χ0n) is 7.48. The van der Waals surface area contributed by atoms with E-state index >= 15 is 0 Å². The summed E-state index contributed by atoms with van der Waals surface area (Å²) in [6.45, 7) is 1.60. The van der Waals surface area contributed by atoms with Gasteiger partial charge in [0, 0.05) is 30.3 Å². The molecule has 0 aromatic rings. The average Bonchev–Trinajstić information content (AvgIpc) is 2.50. The second-order valence-electron chi connectivity index (χ2n) is 4.11. The summed E-state index contributed by atoms with van der Waals surface area (Å²) < 4.78 is 25.3. The van der Waals surface area contributed by atoms with Crippen molar-refractivity contribution in [1.82, 2.24) is 4.90 Å². The molecule has 0 radical (unpaired) electrons. The molecule has 1 unspecified atom stereocenters.